The van der Waals surface area contributed by atoms with Crippen molar-refractivity contribution in [2.45, 2.75) is 40.7 Å². The van der Waals surface area contributed by atoms with Gasteiger partial charge in [-0.1, -0.05) is 19.9 Å². The molecule has 6 heteroatoms. The number of methoxy groups -OCH3 is 1. The highest BCUT2D eigenvalue weighted by Gasteiger charge is 2.16. The number of benzene rings is 1. The van der Waals surface area contributed by atoms with Crippen molar-refractivity contribution in [1.29, 1.82) is 0 Å². The second kappa shape index (κ2) is 8.85. The zero-order chi connectivity index (χ0) is 18.4. The molecule has 1 heterocycles. The summed E-state index contributed by atoms with van der Waals surface area (Å²) in [4.78, 5) is 17.7. The van der Waals surface area contributed by atoms with E-state index in [1.165, 1.54) is 11.3 Å². The minimum absolute atomic E-state index is 0.0853. The fraction of sp³-hybridized carbons (Fsp3) is 0.474. The SMILES string of the molecule is CCOc1ccc(CNC(=O)c2sc(CC(C)C)nc2C)cc1OC. The highest BCUT2D eigenvalue weighted by molar-refractivity contribution is 7.13. The van der Waals surface area contributed by atoms with Gasteiger partial charge in [-0.25, -0.2) is 4.98 Å². The fourth-order valence-electron chi connectivity index (χ4n) is 2.46. The van der Waals surface area contributed by atoms with Crippen molar-refractivity contribution in [3.8, 4) is 11.5 Å². The van der Waals surface area contributed by atoms with E-state index in [1.54, 1.807) is 7.11 Å². The number of nitrogens with one attached hydrogen (secondary N) is 1. The summed E-state index contributed by atoms with van der Waals surface area (Å²) in [5.41, 5.74) is 1.75. The Balaban J connectivity index is 2.03. The third kappa shape index (κ3) is 5.19. The third-order valence-electron chi connectivity index (χ3n) is 3.61. The first kappa shape index (κ1) is 19.2. The Bertz CT molecular complexity index is 725. The van der Waals surface area contributed by atoms with Crippen LogP contribution in [-0.4, -0.2) is 24.6 Å². The minimum Gasteiger partial charge on any atom is -0.493 e. The summed E-state index contributed by atoms with van der Waals surface area (Å²) < 4.78 is 10.9. The van der Waals surface area contributed by atoms with Gasteiger partial charge in [-0.2, -0.15) is 0 Å². The quantitative estimate of drug-likeness (QED) is 0.771. The van der Waals surface area contributed by atoms with Crippen LogP contribution in [0.4, 0.5) is 0 Å². The second-order valence-electron chi connectivity index (χ2n) is 6.22. The summed E-state index contributed by atoms with van der Waals surface area (Å²) in [6.45, 7) is 9.12. The Morgan fingerprint density at radius 1 is 1.32 bits per heavy atom. The highest BCUT2D eigenvalue weighted by atomic mass is 32.1. The molecular formula is C19H26N2O3S. The zero-order valence-electron chi connectivity index (χ0n) is 15.5. The van der Waals surface area contributed by atoms with Gasteiger partial charge in [-0.15, -0.1) is 11.3 Å². The van der Waals surface area contributed by atoms with Crippen molar-refractivity contribution in [1.82, 2.24) is 10.3 Å². The smallest absolute Gasteiger partial charge is 0.263 e. The number of amides is 1. The van der Waals surface area contributed by atoms with Gasteiger partial charge in [-0.3, -0.25) is 4.79 Å². The summed E-state index contributed by atoms with van der Waals surface area (Å²) in [6, 6.07) is 5.68. The maximum absolute atomic E-state index is 12.5. The molecule has 25 heavy (non-hydrogen) atoms. The van der Waals surface area contributed by atoms with Gasteiger partial charge >= 0.3 is 0 Å². The van der Waals surface area contributed by atoms with Crippen LogP contribution in [0.1, 0.15) is 46.7 Å². The van der Waals surface area contributed by atoms with Gasteiger partial charge in [-0.05, 0) is 37.5 Å². The third-order valence-corrected chi connectivity index (χ3v) is 4.79. The molecule has 2 rings (SSSR count). The number of rotatable bonds is 8. The molecule has 0 unspecified atom stereocenters. The molecule has 1 amide bonds. The second-order valence-corrected chi connectivity index (χ2v) is 7.30. The Labute approximate surface area is 153 Å². The first-order chi connectivity index (χ1) is 11.9. The monoisotopic (exact) mass is 362 g/mol. The zero-order valence-corrected chi connectivity index (χ0v) is 16.3. The van der Waals surface area contributed by atoms with Crippen LogP contribution >= 0.6 is 11.3 Å². The van der Waals surface area contributed by atoms with Gasteiger partial charge in [0.1, 0.15) is 4.88 Å². The van der Waals surface area contributed by atoms with Crippen LogP contribution in [0.5, 0.6) is 11.5 Å². The van der Waals surface area contributed by atoms with Crippen LogP contribution in [0.15, 0.2) is 18.2 Å². The number of hydrogen-bond donors (Lipinski definition) is 1. The van der Waals surface area contributed by atoms with Gasteiger partial charge < -0.3 is 14.8 Å². The minimum atomic E-state index is -0.0853. The van der Waals surface area contributed by atoms with Gasteiger partial charge in [0.25, 0.3) is 5.91 Å². The van der Waals surface area contributed by atoms with E-state index < -0.39 is 0 Å². The molecule has 0 aliphatic carbocycles. The number of carbonyl (C=O) groups excluding carboxylic acids is 1. The van der Waals surface area contributed by atoms with Gasteiger partial charge in [0.15, 0.2) is 11.5 Å². The van der Waals surface area contributed by atoms with Crippen LogP contribution in [0.25, 0.3) is 0 Å². The van der Waals surface area contributed by atoms with Crippen molar-refractivity contribution in [3.05, 3.63) is 39.3 Å². The van der Waals surface area contributed by atoms with E-state index >= 15 is 0 Å². The van der Waals surface area contributed by atoms with Crippen LogP contribution in [-0.2, 0) is 13.0 Å². The maximum atomic E-state index is 12.5. The molecule has 0 saturated heterocycles. The predicted molar refractivity (Wildman–Crippen MR) is 101 cm³/mol. The van der Waals surface area contributed by atoms with Crippen molar-refractivity contribution >= 4 is 17.2 Å². The number of carbonyl (C=O) groups is 1. The molecular weight excluding hydrogens is 336 g/mol. The predicted octanol–water partition coefficient (Wildman–Crippen LogP) is 3.99. The largest absolute Gasteiger partial charge is 0.493 e. The van der Waals surface area contributed by atoms with E-state index in [1.807, 2.05) is 32.0 Å². The summed E-state index contributed by atoms with van der Waals surface area (Å²) in [6.07, 6.45) is 0.898. The Kier molecular flexibility index (Phi) is 6.82. The molecule has 0 spiro atoms. The van der Waals surface area contributed by atoms with Crippen LogP contribution in [0.3, 0.4) is 0 Å². The lowest BCUT2D eigenvalue weighted by molar-refractivity contribution is 0.0954. The molecule has 1 N–H and O–H groups in total. The average Bonchev–Trinajstić information content (AvgIpc) is 2.93. The van der Waals surface area contributed by atoms with Gasteiger partial charge in [0.05, 0.1) is 24.4 Å². The number of ether oxygens (including phenoxy) is 2. The normalized spacial score (nSPS) is 10.8. The molecule has 5 nitrogen and oxygen atoms in total. The molecule has 0 fully saturated rings. The molecule has 0 aliphatic rings. The number of thiazole rings is 1. The molecule has 0 aliphatic heterocycles. The maximum Gasteiger partial charge on any atom is 0.263 e. The highest BCUT2D eigenvalue weighted by Crippen LogP contribution is 2.28. The molecule has 0 radical (unpaired) electrons. The molecule has 2 aromatic rings. The van der Waals surface area contributed by atoms with E-state index in [2.05, 4.69) is 24.1 Å². The summed E-state index contributed by atoms with van der Waals surface area (Å²) in [5, 5.41) is 3.97. The average molecular weight is 362 g/mol. The van der Waals surface area contributed by atoms with Gasteiger partial charge in [0, 0.05) is 13.0 Å². The Hall–Kier alpha value is -2.08. The first-order valence-corrected chi connectivity index (χ1v) is 9.30. The number of aryl methyl sites for hydroxylation is 1. The van der Waals surface area contributed by atoms with Crippen LogP contribution in [0.2, 0.25) is 0 Å². The van der Waals surface area contributed by atoms with E-state index in [9.17, 15) is 4.79 Å². The van der Waals surface area contributed by atoms with Crippen molar-refractivity contribution in [3.63, 3.8) is 0 Å². The molecule has 0 atom stereocenters. The topological polar surface area (TPSA) is 60.5 Å². The van der Waals surface area contributed by atoms with Crippen LogP contribution in [0, 0.1) is 12.8 Å². The van der Waals surface area contributed by atoms with E-state index in [-0.39, 0.29) is 5.91 Å². The summed E-state index contributed by atoms with van der Waals surface area (Å²) >= 11 is 1.48. The number of nitrogens with zero attached hydrogens (tertiary/aromatic N) is 1. The van der Waals surface area contributed by atoms with E-state index in [0.717, 1.165) is 22.7 Å². The molecule has 136 valence electrons. The van der Waals surface area contributed by atoms with Crippen molar-refractivity contribution in [2.75, 3.05) is 13.7 Å². The Morgan fingerprint density at radius 3 is 2.72 bits per heavy atom. The Morgan fingerprint density at radius 2 is 2.08 bits per heavy atom. The summed E-state index contributed by atoms with van der Waals surface area (Å²) in [7, 11) is 1.61. The van der Waals surface area contributed by atoms with Crippen molar-refractivity contribution < 1.29 is 14.3 Å². The lowest BCUT2D eigenvalue weighted by Gasteiger charge is -2.11. The van der Waals surface area contributed by atoms with Gasteiger partial charge in [0.2, 0.25) is 0 Å². The number of hydrogen-bond acceptors (Lipinski definition) is 5. The molecule has 0 saturated carbocycles. The molecule has 1 aromatic carbocycles. The molecule has 0 bridgehead atoms. The fourth-order valence-corrected chi connectivity index (χ4v) is 3.65. The first-order valence-electron chi connectivity index (χ1n) is 8.48. The van der Waals surface area contributed by atoms with Crippen molar-refractivity contribution in [2.24, 2.45) is 5.92 Å². The summed E-state index contributed by atoms with van der Waals surface area (Å²) in [5.74, 6) is 1.81. The molecule has 1 aromatic heterocycles. The van der Waals surface area contributed by atoms with Crippen LogP contribution < -0.4 is 14.8 Å². The lowest BCUT2D eigenvalue weighted by atomic mass is 10.1. The van der Waals surface area contributed by atoms with E-state index in [4.69, 9.17) is 9.47 Å². The number of aromatic nitrogens is 1. The van der Waals surface area contributed by atoms with E-state index in [0.29, 0.717) is 35.4 Å². The standard InChI is InChI=1S/C19H26N2O3S/c1-6-24-15-8-7-14(10-16(15)23-5)11-20-19(22)18-13(4)21-17(25-18)9-12(2)3/h7-8,10,12H,6,9,11H2,1-5H3,(H,20,22). The lowest BCUT2D eigenvalue weighted by Crippen LogP contribution is -2.22.